The lowest BCUT2D eigenvalue weighted by atomic mass is 10.0. The van der Waals surface area contributed by atoms with E-state index in [0.717, 1.165) is 11.6 Å². The molecule has 0 aliphatic rings. The molecule has 0 aliphatic heterocycles. The zero-order valence-electron chi connectivity index (χ0n) is 8.63. The second kappa shape index (κ2) is 5.15. The summed E-state index contributed by atoms with van der Waals surface area (Å²) in [6.45, 7) is 0. The molecule has 0 bridgehead atoms. The summed E-state index contributed by atoms with van der Waals surface area (Å²) in [5.41, 5.74) is 1.54. The first-order valence-electron chi connectivity index (χ1n) is 4.92. The van der Waals surface area contributed by atoms with E-state index in [4.69, 9.17) is 11.6 Å². The number of hydrogen-bond acceptors (Lipinski definition) is 0. The summed E-state index contributed by atoms with van der Waals surface area (Å²) in [6, 6.07) is 11.1. The standard InChI is InChI=1S/C13H8BrClF2/c14-13(8-2-1-3-10(15)6-8)9-4-5-11(16)12(17)7-9/h1-7,13H. The van der Waals surface area contributed by atoms with Crippen molar-refractivity contribution in [1.29, 1.82) is 0 Å². The molecule has 0 heterocycles. The lowest BCUT2D eigenvalue weighted by Crippen LogP contribution is -1.95. The van der Waals surface area contributed by atoms with Crippen LogP contribution >= 0.6 is 27.5 Å². The number of halogens is 4. The molecule has 1 unspecified atom stereocenters. The molecule has 4 heteroatoms. The summed E-state index contributed by atoms with van der Waals surface area (Å²) >= 11 is 9.32. The van der Waals surface area contributed by atoms with Crippen LogP contribution in [0, 0.1) is 11.6 Å². The third kappa shape index (κ3) is 2.85. The summed E-state index contributed by atoms with van der Waals surface area (Å²) < 4.78 is 25.9. The van der Waals surface area contributed by atoms with Gasteiger partial charge in [0, 0.05) is 5.02 Å². The lowest BCUT2D eigenvalue weighted by molar-refractivity contribution is 0.507. The Morgan fingerprint density at radius 2 is 1.65 bits per heavy atom. The maximum Gasteiger partial charge on any atom is 0.159 e. The highest BCUT2D eigenvalue weighted by Gasteiger charge is 2.13. The van der Waals surface area contributed by atoms with E-state index in [0.29, 0.717) is 10.6 Å². The largest absolute Gasteiger partial charge is 0.204 e. The first-order chi connectivity index (χ1) is 8.08. The Morgan fingerprint density at radius 3 is 2.29 bits per heavy atom. The molecule has 0 aromatic heterocycles. The van der Waals surface area contributed by atoms with E-state index < -0.39 is 11.6 Å². The fourth-order valence-electron chi connectivity index (χ4n) is 1.53. The summed E-state index contributed by atoms with van der Waals surface area (Å²) in [4.78, 5) is -0.212. The van der Waals surface area contributed by atoms with Crippen molar-refractivity contribution in [2.24, 2.45) is 0 Å². The SMILES string of the molecule is Fc1ccc(C(Br)c2cccc(Cl)c2)cc1F. The monoisotopic (exact) mass is 316 g/mol. The third-order valence-corrected chi connectivity index (χ3v) is 3.67. The van der Waals surface area contributed by atoms with Crippen LogP contribution in [0.2, 0.25) is 5.02 Å². The molecule has 2 rings (SSSR count). The molecule has 2 aromatic carbocycles. The predicted octanol–water partition coefficient (Wildman–Crippen LogP) is 5.10. The van der Waals surface area contributed by atoms with Crippen LogP contribution in [0.15, 0.2) is 42.5 Å². The lowest BCUT2D eigenvalue weighted by Gasteiger charge is -2.11. The summed E-state index contributed by atoms with van der Waals surface area (Å²) in [5, 5.41) is 0.606. The topological polar surface area (TPSA) is 0 Å². The Balaban J connectivity index is 2.36. The van der Waals surface area contributed by atoms with Crippen molar-refractivity contribution < 1.29 is 8.78 Å². The van der Waals surface area contributed by atoms with Gasteiger partial charge in [-0.05, 0) is 35.4 Å². The van der Waals surface area contributed by atoms with Gasteiger partial charge in [0.25, 0.3) is 0 Å². The molecule has 17 heavy (non-hydrogen) atoms. The molecule has 1 atom stereocenters. The second-order valence-corrected chi connectivity index (χ2v) is 4.94. The Bertz CT molecular complexity index is 543. The van der Waals surface area contributed by atoms with Gasteiger partial charge in [-0.1, -0.05) is 45.7 Å². The van der Waals surface area contributed by atoms with Crippen LogP contribution in [0.1, 0.15) is 16.0 Å². The quantitative estimate of drug-likeness (QED) is 0.676. The summed E-state index contributed by atoms with van der Waals surface area (Å²) in [6.07, 6.45) is 0. The fraction of sp³-hybridized carbons (Fsp3) is 0.0769. The van der Waals surface area contributed by atoms with E-state index in [1.54, 1.807) is 18.2 Å². The molecule has 0 aliphatic carbocycles. The van der Waals surface area contributed by atoms with Crippen molar-refractivity contribution in [3.63, 3.8) is 0 Å². The number of hydrogen-bond donors (Lipinski definition) is 0. The normalized spacial score (nSPS) is 12.5. The molecule has 0 nitrogen and oxygen atoms in total. The van der Waals surface area contributed by atoms with Crippen LogP contribution in [0.4, 0.5) is 8.78 Å². The maximum atomic E-state index is 13.1. The van der Waals surface area contributed by atoms with Crippen LogP contribution < -0.4 is 0 Å². The average molecular weight is 318 g/mol. The van der Waals surface area contributed by atoms with Crippen LogP contribution in [0.25, 0.3) is 0 Å². The van der Waals surface area contributed by atoms with Gasteiger partial charge in [-0.25, -0.2) is 8.78 Å². The van der Waals surface area contributed by atoms with Gasteiger partial charge in [-0.3, -0.25) is 0 Å². The van der Waals surface area contributed by atoms with E-state index in [1.165, 1.54) is 6.07 Å². The Hall–Kier alpha value is -0.930. The molecule has 0 spiro atoms. The molecular formula is C13H8BrClF2. The van der Waals surface area contributed by atoms with Crippen LogP contribution in [-0.2, 0) is 0 Å². The van der Waals surface area contributed by atoms with Crippen molar-refractivity contribution in [3.8, 4) is 0 Å². The molecule has 0 radical (unpaired) electrons. The van der Waals surface area contributed by atoms with E-state index in [1.807, 2.05) is 12.1 Å². The van der Waals surface area contributed by atoms with Crippen LogP contribution in [0.3, 0.4) is 0 Å². The smallest absolute Gasteiger partial charge is 0.159 e. The Labute approximate surface area is 111 Å². The summed E-state index contributed by atoms with van der Waals surface area (Å²) in [7, 11) is 0. The molecule has 0 fully saturated rings. The molecular weight excluding hydrogens is 309 g/mol. The molecule has 0 saturated heterocycles. The Kier molecular flexibility index (Phi) is 3.79. The number of alkyl halides is 1. The van der Waals surface area contributed by atoms with Gasteiger partial charge in [-0.2, -0.15) is 0 Å². The van der Waals surface area contributed by atoms with Gasteiger partial charge in [0.15, 0.2) is 11.6 Å². The van der Waals surface area contributed by atoms with Gasteiger partial charge in [0.05, 0.1) is 4.83 Å². The van der Waals surface area contributed by atoms with E-state index in [2.05, 4.69) is 15.9 Å². The highest BCUT2D eigenvalue weighted by molar-refractivity contribution is 9.09. The van der Waals surface area contributed by atoms with Gasteiger partial charge in [-0.15, -0.1) is 0 Å². The summed E-state index contributed by atoms with van der Waals surface area (Å²) in [5.74, 6) is -1.70. The highest BCUT2D eigenvalue weighted by atomic mass is 79.9. The van der Waals surface area contributed by atoms with Gasteiger partial charge < -0.3 is 0 Å². The number of rotatable bonds is 2. The average Bonchev–Trinajstić information content (AvgIpc) is 2.32. The first kappa shape index (κ1) is 12.5. The molecule has 88 valence electrons. The van der Waals surface area contributed by atoms with E-state index >= 15 is 0 Å². The van der Waals surface area contributed by atoms with Crippen LogP contribution in [0.5, 0.6) is 0 Å². The van der Waals surface area contributed by atoms with E-state index in [9.17, 15) is 8.78 Å². The minimum absolute atomic E-state index is 0.212. The zero-order chi connectivity index (χ0) is 12.4. The fourth-order valence-corrected chi connectivity index (χ4v) is 2.30. The highest BCUT2D eigenvalue weighted by Crippen LogP contribution is 2.32. The van der Waals surface area contributed by atoms with Crippen molar-refractivity contribution in [1.82, 2.24) is 0 Å². The van der Waals surface area contributed by atoms with Crippen molar-refractivity contribution in [3.05, 3.63) is 70.2 Å². The van der Waals surface area contributed by atoms with Crippen molar-refractivity contribution in [2.45, 2.75) is 4.83 Å². The Morgan fingerprint density at radius 1 is 0.941 bits per heavy atom. The minimum atomic E-state index is -0.853. The third-order valence-electron chi connectivity index (χ3n) is 2.38. The molecule has 0 N–H and O–H groups in total. The van der Waals surface area contributed by atoms with Gasteiger partial charge in [0.2, 0.25) is 0 Å². The van der Waals surface area contributed by atoms with Gasteiger partial charge >= 0.3 is 0 Å². The molecule has 0 saturated carbocycles. The van der Waals surface area contributed by atoms with Crippen molar-refractivity contribution >= 4 is 27.5 Å². The van der Waals surface area contributed by atoms with E-state index in [-0.39, 0.29) is 4.83 Å². The maximum absolute atomic E-state index is 13.1. The van der Waals surface area contributed by atoms with Crippen molar-refractivity contribution in [2.75, 3.05) is 0 Å². The minimum Gasteiger partial charge on any atom is -0.204 e. The molecule has 0 amide bonds. The number of benzene rings is 2. The zero-order valence-corrected chi connectivity index (χ0v) is 11.0. The predicted molar refractivity (Wildman–Crippen MR) is 68.6 cm³/mol. The second-order valence-electron chi connectivity index (χ2n) is 3.59. The first-order valence-corrected chi connectivity index (χ1v) is 6.22. The molecule has 2 aromatic rings. The van der Waals surface area contributed by atoms with Crippen LogP contribution in [-0.4, -0.2) is 0 Å². The van der Waals surface area contributed by atoms with Gasteiger partial charge in [0.1, 0.15) is 0 Å².